The first kappa shape index (κ1) is 18.5. The molecule has 0 spiro atoms. The number of ether oxygens (including phenoxy) is 1. The molecular weight excluding hydrogens is 330 g/mol. The predicted molar refractivity (Wildman–Crippen MR) is 93.2 cm³/mol. The number of likely N-dealkylation sites (N-methyl/N-ethyl adjacent to an activating group) is 2. The third-order valence-corrected chi connectivity index (χ3v) is 5.61. The van der Waals surface area contributed by atoms with Gasteiger partial charge in [-0.2, -0.15) is 0 Å². The number of nitrogen functional groups attached to an aromatic ring is 1. The van der Waals surface area contributed by atoms with Gasteiger partial charge in [-0.15, -0.1) is 0 Å². The fourth-order valence-corrected chi connectivity index (χ4v) is 3.10. The molecule has 1 aromatic carbocycles. The van der Waals surface area contributed by atoms with Crippen LogP contribution in [0.15, 0.2) is 18.2 Å². The summed E-state index contributed by atoms with van der Waals surface area (Å²) in [6.07, 6.45) is 0.996. The molecule has 1 amide bonds. The van der Waals surface area contributed by atoms with Crippen molar-refractivity contribution >= 4 is 21.6 Å². The molecule has 0 unspecified atom stereocenters. The zero-order valence-corrected chi connectivity index (χ0v) is 15.3. The van der Waals surface area contributed by atoms with Crippen molar-refractivity contribution in [3.05, 3.63) is 23.8 Å². The van der Waals surface area contributed by atoms with Crippen LogP contribution in [0.25, 0.3) is 0 Å². The normalized spacial score (nSPS) is 22.4. The molecule has 1 heterocycles. The van der Waals surface area contributed by atoms with Crippen molar-refractivity contribution in [2.45, 2.75) is 19.4 Å². The van der Waals surface area contributed by atoms with Crippen molar-refractivity contribution in [1.29, 1.82) is 0 Å². The first-order valence-corrected chi connectivity index (χ1v) is 9.63. The lowest BCUT2D eigenvalue weighted by Gasteiger charge is -2.30. The second-order valence-electron chi connectivity index (χ2n) is 6.50. The number of rotatable bonds is 3. The van der Waals surface area contributed by atoms with Crippen LogP contribution in [0.4, 0.5) is 5.69 Å². The number of hydrogen-bond acceptors (Lipinski definition) is 5. The number of benzene rings is 1. The minimum atomic E-state index is -3.31. The highest BCUT2D eigenvalue weighted by Crippen LogP contribution is 2.27. The molecule has 1 aliphatic rings. The third kappa shape index (κ3) is 4.39. The summed E-state index contributed by atoms with van der Waals surface area (Å²) in [4.78, 5) is 14.0. The molecule has 0 aromatic heterocycles. The van der Waals surface area contributed by atoms with E-state index in [2.05, 4.69) is 0 Å². The summed E-state index contributed by atoms with van der Waals surface area (Å²) in [6, 6.07) is 5.19. The fourth-order valence-electron chi connectivity index (χ4n) is 2.69. The van der Waals surface area contributed by atoms with Crippen LogP contribution in [0, 0.1) is 5.92 Å². The smallest absolute Gasteiger partial charge is 0.226 e. The zero-order chi connectivity index (χ0) is 18.1. The number of carbonyl (C=O) groups excluding carboxylic acids is 1. The number of hydrogen-bond donors (Lipinski definition) is 1. The fraction of sp³-hybridized carbons (Fsp3) is 0.562. The lowest BCUT2D eigenvalue weighted by Crippen LogP contribution is -2.43. The number of amides is 1. The van der Waals surface area contributed by atoms with Gasteiger partial charge in [0.2, 0.25) is 15.9 Å². The molecule has 24 heavy (non-hydrogen) atoms. The Balaban J connectivity index is 2.37. The average molecular weight is 355 g/mol. The van der Waals surface area contributed by atoms with Gasteiger partial charge in [-0.3, -0.25) is 4.79 Å². The van der Waals surface area contributed by atoms with Gasteiger partial charge in [0.1, 0.15) is 11.9 Å². The van der Waals surface area contributed by atoms with Crippen molar-refractivity contribution < 1.29 is 17.9 Å². The summed E-state index contributed by atoms with van der Waals surface area (Å²) in [7, 11) is -0.0432. The second kappa shape index (κ2) is 6.98. The highest BCUT2D eigenvalue weighted by molar-refractivity contribution is 7.88. The van der Waals surface area contributed by atoms with Crippen molar-refractivity contribution in [2.24, 2.45) is 5.92 Å². The molecule has 0 radical (unpaired) electrons. The first-order valence-electron chi connectivity index (χ1n) is 7.78. The van der Waals surface area contributed by atoms with E-state index in [0.29, 0.717) is 23.5 Å². The van der Waals surface area contributed by atoms with E-state index in [-0.39, 0.29) is 30.9 Å². The molecular formula is C16H25N3O4S. The van der Waals surface area contributed by atoms with E-state index in [9.17, 15) is 13.2 Å². The number of carbonyl (C=O) groups is 1. The Morgan fingerprint density at radius 1 is 1.42 bits per heavy atom. The van der Waals surface area contributed by atoms with Gasteiger partial charge in [-0.25, -0.2) is 12.7 Å². The van der Waals surface area contributed by atoms with Crippen molar-refractivity contribution in [1.82, 2.24) is 9.21 Å². The van der Waals surface area contributed by atoms with Gasteiger partial charge < -0.3 is 15.4 Å². The monoisotopic (exact) mass is 355 g/mol. The number of fused-ring (bicyclic) bond motifs is 1. The highest BCUT2D eigenvalue weighted by Gasteiger charge is 2.29. The van der Waals surface area contributed by atoms with Gasteiger partial charge >= 0.3 is 0 Å². The Kier molecular flexibility index (Phi) is 5.39. The van der Waals surface area contributed by atoms with Crippen LogP contribution in [0.5, 0.6) is 5.75 Å². The molecule has 0 aliphatic carbocycles. The number of anilines is 1. The van der Waals surface area contributed by atoms with E-state index >= 15 is 0 Å². The van der Waals surface area contributed by atoms with Gasteiger partial charge in [0.25, 0.3) is 0 Å². The minimum absolute atomic E-state index is 0.0191. The molecule has 2 N–H and O–H groups in total. The second-order valence-corrected chi connectivity index (χ2v) is 8.58. The van der Waals surface area contributed by atoms with E-state index in [1.54, 1.807) is 30.1 Å². The molecule has 7 nitrogen and oxygen atoms in total. The average Bonchev–Trinajstić information content (AvgIpc) is 2.50. The standard InChI is InChI=1S/C16H25N3O4S/c1-11-9-18(2)16(20)8-12-7-13(17)5-6-14(12)23-15(11)10-19(3)24(4,21)22/h5-7,11,15H,8-10,17H2,1-4H3/t11-,15-/m1/s1. The molecule has 0 saturated carbocycles. The van der Waals surface area contributed by atoms with Crippen molar-refractivity contribution in [3.8, 4) is 5.75 Å². The summed E-state index contributed by atoms with van der Waals surface area (Å²) in [5.74, 6) is 0.521. The van der Waals surface area contributed by atoms with Crippen LogP contribution >= 0.6 is 0 Å². The molecule has 1 aliphatic heterocycles. The summed E-state index contributed by atoms with van der Waals surface area (Å²) in [5, 5.41) is 0. The summed E-state index contributed by atoms with van der Waals surface area (Å²) >= 11 is 0. The van der Waals surface area contributed by atoms with Crippen molar-refractivity contribution in [2.75, 3.05) is 39.2 Å². The summed E-state index contributed by atoms with van der Waals surface area (Å²) < 4.78 is 30.8. The lowest BCUT2D eigenvalue weighted by atomic mass is 10.0. The maximum atomic E-state index is 12.4. The van der Waals surface area contributed by atoms with Crippen molar-refractivity contribution in [3.63, 3.8) is 0 Å². The maximum absolute atomic E-state index is 12.4. The first-order chi connectivity index (χ1) is 11.1. The van der Waals surface area contributed by atoms with E-state index in [1.165, 1.54) is 11.4 Å². The highest BCUT2D eigenvalue weighted by atomic mass is 32.2. The third-order valence-electron chi connectivity index (χ3n) is 4.33. The molecule has 134 valence electrons. The number of sulfonamides is 1. The molecule has 0 fully saturated rings. The van der Waals surface area contributed by atoms with Gasteiger partial charge in [-0.05, 0) is 18.2 Å². The van der Waals surface area contributed by atoms with E-state index < -0.39 is 10.0 Å². The number of nitrogens with two attached hydrogens (primary N) is 1. The SMILES string of the molecule is C[C@@H]1CN(C)C(=O)Cc2cc(N)ccc2O[C@@H]1CN(C)S(C)(=O)=O. The lowest BCUT2D eigenvalue weighted by molar-refractivity contribution is -0.129. The Bertz CT molecular complexity index is 720. The van der Waals surface area contributed by atoms with Gasteiger partial charge in [0.05, 0.1) is 19.2 Å². The molecule has 0 bridgehead atoms. The quantitative estimate of drug-likeness (QED) is 0.800. The molecule has 2 rings (SSSR count). The van der Waals surface area contributed by atoms with Crippen LogP contribution in [0.2, 0.25) is 0 Å². The molecule has 8 heteroatoms. The molecule has 2 atom stereocenters. The van der Waals surface area contributed by atoms with Crippen LogP contribution in [0.3, 0.4) is 0 Å². The molecule has 0 saturated heterocycles. The van der Waals surface area contributed by atoms with E-state index in [0.717, 1.165) is 6.26 Å². The van der Waals surface area contributed by atoms with Gasteiger partial charge in [-0.1, -0.05) is 6.92 Å². The van der Waals surface area contributed by atoms with Crippen LogP contribution < -0.4 is 10.5 Å². The van der Waals surface area contributed by atoms with Crippen LogP contribution in [-0.2, 0) is 21.2 Å². The van der Waals surface area contributed by atoms with Gasteiger partial charge in [0, 0.05) is 37.8 Å². The molecule has 1 aromatic rings. The largest absolute Gasteiger partial charge is 0.488 e. The topological polar surface area (TPSA) is 92.9 Å². The summed E-state index contributed by atoms with van der Waals surface area (Å²) in [6.45, 7) is 2.66. The van der Waals surface area contributed by atoms with Crippen LogP contribution in [-0.4, -0.2) is 63.1 Å². The maximum Gasteiger partial charge on any atom is 0.226 e. The van der Waals surface area contributed by atoms with E-state index in [1.807, 2.05) is 6.92 Å². The van der Waals surface area contributed by atoms with E-state index in [4.69, 9.17) is 10.5 Å². The zero-order valence-electron chi connectivity index (χ0n) is 14.5. The Hall–Kier alpha value is -1.80. The summed E-state index contributed by atoms with van der Waals surface area (Å²) in [5.41, 5.74) is 7.10. The predicted octanol–water partition coefficient (Wildman–Crippen LogP) is 0.558. The Morgan fingerprint density at radius 3 is 2.71 bits per heavy atom. The Labute approximate surface area is 143 Å². The van der Waals surface area contributed by atoms with Crippen LogP contribution in [0.1, 0.15) is 12.5 Å². The van der Waals surface area contributed by atoms with Gasteiger partial charge in [0.15, 0.2) is 0 Å². The Morgan fingerprint density at radius 2 is 2.08 bits per heavy atom. The minimum Gasteiger partial charge on any atom is -0.488 e. The number of nitrogens with zero attached hydrogens (tertiary/aromatic N) is 2.